The highest BCUT2D eigenvalue weighted by Gasteiger charge is 2.26. The highest BCUT2D eigenvalue weighted by molar-refractivity contribution is 4.48. The second-order valence-corrected chi connectivity index (χ2v) is 2.90. The summed E-state index contributed by atoms with van der Waals surface area (Å²) in [5, 5.41) is 8.75. The van der Waals surface area contributed by atoms with Crippen LogP contribution in [-0.2, 0) is 9.47 Å². The van der Waals surface area contributed by atoms with E-state index in [1.54, 1.807) is 6.92 Å². The Morgan fingerprint density at radius 3 is 2.21 bits per heavy atom. The smallest absolute Gasteiger partial charge is 0.391 e. The van der Waals surface area contributed by atoms with Crippen LogP contribution in [0.15, 0.2) is 0 Å². The van der Waals surface area contributed by atoms with Gasteiger partial charge in [-0.1, -0.05) is 0 Å². The second kappa shape index (κ2) is 7.03. The summed E-state index contributed by atoms with van der Waals surface area (Å²) < 4.78 is 44.3. The molecule has 0 saturated heterocycles. The van der Waals surface area contributed by atoms with Crippen molar-refractivity contribution in [2.75, 3.05) is 26.4 Å². The first-order chi connectivity index (χ1) is 6.42. The highest BCUT2D eigenvalue weighted by Crippen LogP contribution is 2.18. The van der Waals surface area contributed by atoms with Crippen molar-refractivity contribution in [2.45, 2.75) is 25.6 Å². The van der Waals surface area contributed by atoms with Gasteiger partial charge in [-0.3, -0.25) is 0 Å². The molecule has 0 aliphatic carbocycles. The average molecular weight is 216 g/mol. The first-order valence-electron chi connectivity index (χ1n) is 4.32. The third-order valence-electron chi connectivity index (χ3n) is 1.26. The van der Waals surface area contributed by atoms with E-state index in [1.807, 2.05) is 0 Å². The Balaban J connectivity index is 3.07. The fraction of sp³-hybridized carbons (Fsp3) is 1.00. The van der Waals surface area contributed by atoms with E-state index in [2.05, 4.69) is 4.74 Å². The lowest BCUT2D eigenvalue weighted by Crippen LogP contribution is -2.16. The average Bonchev–Trinajstić information content (AvgIpc) is 2.00. The summed E-state index contributed by atoms with van der Waals surface area (Å²) in [6.45, 7) is 1.69. The lowest BCUT2D eigenvalue weighted by atomic mass is 10.4. The van der Waals surface area contributed by atoms with E-state index in [0.717, 1.165) is 0 Å². The van der Waals surface area contributed by atoms with E-state index in [-0.39, 0.29) is 26.4 Å². The Morgan fingerprint density at radius 2 is 1.71 bits per heavy atom. The zero-order chi connectivity index (χ0) is 11.0. The number of aliphatic hydroxyl groups is 1. The van der Waals surface area contributed by atoms with Gasteiger partial charge in [-0.15, -0.1) is 0 Å². The molecule has 0 aromatic heterocycles. The summed E-state index contributed by atoms with van der Waals surface area (Å²) in [5.74, 6) is 0. The minimum atomic E-state index is -4.17. The van der Waals surface area contributed by atoms with E-state index < -0.39 is 18.7 Å². The van der Waals surface area contributed by atoms with Crippen LogP contribution in [0.1, 0.15) is 13.3 Å². The molecule has 86 valence electrons. The van der Waals surface area contributed by atoms with Crippen LogP contribution in [0, 0.1) is 0 Å². The molecule has 6 heteroatoms. The van der Waals surface area contributed by atoms with Crippen molar-refractivity contribution in [1.29, 1.82) is 0 Å². The van der Waals surface area contributed by atoms with Gasteiger partial charge in [-0.2, -0.15) is 13.2 Å². The van der Waals surface area contributed by atoms with Crippen LogP contribution in [-0.4, -0.2) is 43.8 Å². The van der Waals surface area contributed by atoms with Crippen LogP contribution in [0.2, 0.25) is 0 Å². The first-order valence-corrected chi connectivity index (χ1v) is 4.32. The number of hydrogen-bond acceptors (Lipinski definition) is 3. The predicted molar refractivity (Wildman–Crippen MR) is 44.0 cm³/mol. The number of aliphatic hydroxyl groups excluding tert-OH is 1. The molecule has 0 bridgehead atoms. The SMILES string of the molecule is CC(O)COCCOCCC(F)(F)F. The van der Waals surface area contributed by atoms with Crippen molar-refractivity contribution < 1.29 is 27.8 Å². The normalized spacial score (nSPS) is 14.4. The quantitative estimate of drug-likeness (QED) is 0.653. The molecule has 14 heavy (non-hydrogen) atoms. The summed E-state index contributed by atoms with van der Waals surface area (Å²) in [4.78, 5) is 0. The maximum atomic E-state index is 11.6. The first kappa shape index (κ1) is 13.7. The molecule has 3 nitrogen and oxygen atoms in total. The van der Waals surface area contributed by atoms with Gasteiger partial charge >= 0.3 is 6.18 Å². The number of halogens is 3. The molecule has 0 aromatic carbocycles. The molecule has 1 N–H and O–H groups in total. The van der Waals surface area contributed by atoms with Crippen molar-refractivity contribution in [2.24, 2.45) is 0 Å². The van der Waals surface area contributed by atoms with Gasteiger partial charge in [-0.05, 0) is 6.92 Å². The molecule has 0 radical (unpaired) electrons. The molecule has 0 aliphatic heterocycles. The maximum absolute atomic E-state index is 11.6. The lowest BCUT2D eigenvalue weighted by molar-refractivity contribution is -0.146. The number of rotatable bonds is 7. The van der Waals surface area contributed by atoms with Crippen LogP contribution in [0.25, 0.3) is 0 Å². The summed E-state index contributed by atoms with van der Waals surface area (Å²) in [6.07, 6.45) is -5.67. The topological polar surface area (TPSA) is 38.7 Å². The van der Waals surface area contributed by atoms with Gasteiger partial charge < -0.3 is 14.6 Å². The standard InChI is InChI=1S/C8H15F3O3/c1-7(12)6-14-5-4-13-3-2-8(9,10)11/h7,12H,2-6H2,1H3. The highest BCUT2D eigenvalue weighted by atomic mass is 19.4. The molecular weight excluding hydrogens is 201 g/mol. The summed E-state index contributed by atoms with van der Waals surface area (Å²) >= 11 is 0. The molecule has 0 saturated carbocycles. The van der Waals surface area contributed by atoms with E-state index in [1.165, 1.54) is 0 Å². The number of alkyl halides is 3. The Bertz CT molecular complexity index is 136. The molecule has 0 aromatic rings. The van der Waals surface area contributed by atoms with Gasteiger partial charge in [0.1, 0.15) is 0 Å². The molecule has 0 fully saturated rings. The minimum absolute atomic E-state index is 0.114. The number of hydrogen-bond donors (Lipinski definition) is 1. The van der Waals surface area contributed by atoms with Gasteiger partial charge in [0.25, 0.3) is 0 Å². The zero-order valence-electron chi connectivity index (χ0n) is 8.01. The van der Waals surface area contributed by atoms with Gasteiger partial charge in [0.15, 0.2) is 0 Å². The van der Waals surface area contributed by atoms with Crippen molar-refractivity contribution in [3.8, 4) is 0 Å². The molecule has 1 atom stereocenters. The molecule has 0 rings (SSSR count). The molecule has 0 amide bonds. The summed E-state index contributed by atoms with van der Waals surface area (Å²) in [7, 11) is 0. The summed E-state index contributed by atoms with van der Waals surface area (Å²) in [5.41, 5.74) is 0. The monoisotopic (exact) mass is 216 g/mol. The van der Waals surface area contributed by atoms with Crippen LogP contribution >= 0.6 is 0 Å². The van der Waals surface area contributed by atoms with E-state index in [9.17, 15) is 13.2 Å². The summed E-state index contributed by atoms with van der Waals surface area (Å²) in [6, 6.07) is 0. The van der Waals surface area contributed by atoms with E-state index >= 15 is 0 Å². The number of ether oxygens (including phenoxy) is 2. The predicted octanol–water partition coefficient (Wildman–Crippen LogP) is 1.35. The molecule has 0 aliphatic rings. The Labute approximate surface area is 80.8 Å². The van der Waals surface area contributed by atoms with Crippen molar-refractivity contribution in [3.63, 3.8) is 0 Å². The molecule has 0 spiro atoms. The molecular formula is C8H15F3O3. The third-order valence-corrected chi connectivity index (χ3v) is 1.26. The molecule has 0 heterocycles. The lowest BCUT2D eigenvalue weighted by Gasteiger charge is -2.08. The largest absolute Gasteiger partial charge is 0.391 e. The van der Waals surface area contributed by atoms with Crippen LogP contribution < -0.4 is 0 Å². The van der Waals surface area contributed by atoms with Crippen LogP contribution in [0.3, 0.4) is 0 Å². The van der Waals surface area contributed by atoms with Crippen molar-refractivity contribution in [3.05, 3.63) is 0 Å². The van der Waals surface area contributed by atoms with Crippen LogP contribution in [0.4, 0.5) is 13.2 Å². The Kier molecular flexibility index (Phi) is 6.86. The Hall–Kier alpha value is -0.330. The van der Waals surface area contributed by atoms with Gasteiger partial charge in [0, 0.05) is 0 Å². The van der Waals surface area contributed by atoms with Gasteiger partial charge in [-0.25, -0.2) is 0 Å². The molecule has 1 unspecified atom stereocenters. The fourth-order valence-corrected chi connectivity index (χ4v) is 0.662. The third kappa shape index (κ3) is 11.7. The van der Waals surface area contributed by atoms with E-state index in [4.69, 9.17) is 9.84 Å². The second-order valence-electron chi connectivity index (χ2n) is 2.90. The van der Waals surface area contributed by atoms with Crippen LogP contribution in [0.5, 0.6) is 0 Å². The maximum Gasteiger partial charge on any atom is 0.391 e. The van der Waals surface area contributed by atoms with Gasteiger partial charge in [0.2, 0.25) is 0 Å². The van der Waals surface area contributed by atoms with Crippen molar-refractivity contribution in [1.82, 2.24) is 0 Å². The fourth-order valence-electron chi connectivity index (χ4n) is 0.662. The van der Waals surface area contributed by atoms with Crippen molar-refractivity contribution >= 4 is 0 Å². The Morgan fingerprint density at radius 1 is 1.14 bits per heavy atom. The van der Waals surface area contributed by atoms with Gasteiger partial charge in [0.05, 0.1) is 39.0 Å². The minimum Gasteiger partial charge on any atom is -0.391 e. The van der Waals surface area contributed by atoms with E-state index in [0.29, 0.717) is 0 Å². The zero-order valence-corrected chi connectivity index (χ0v) is 8.01.